The summed E-state index contributed by atoms with van der Waals surface area (Å²) in [6.07, 6.45) is 0. The average Bonchev–Trinajstić information content (AvgIpc) is 3.82. The van der Waals surface area contributed by atoms with E-state index in [1.165, 1.54) is 97.1 Å². The molecule has 3 heteroatoms. The number of hydrogen-bond donors (Lipinski definition) is 0. The summed E-state index contributed by atoms with van der Waals surface area (Å²) in [4.78, 5) is 0. The van der Waals surface area contributed by atoms with E-state index in [2.05, 4.69) is 179 Å². The van der Waals surface area contributed by atoms with Crippen molar-refractivity contribution in [2.75, 3.05) is 0 Å². The SMILES string of the molecule is c1ccc2c(-n3c4ccccc4c4ccc(-c5ccc6c(c5)c5ccccc5n6-c5cccc6c5sc5ccccc56)cc43)cccc2c1. The lowest BCUT2D eigenvalue weighted by Crippen LogP contribution is -1.95. The molecule has 0 saturated heterocycles. The maximum atomic E-state index is 2.47. The van der Waals surface area contributed by atoms with Gasteiger partial charge in [-0.25, -0.2) is 0 Å². The van der Waals surface area contributed by atoms with Gasteiger partial charge in [-0.3, -0.25) is 0 Å². The summed E-state index contributed by atoms with van der Waals surface area (Å²) in [5, 5.41) is 10.2. The highest BCUT2D eigenvalue weighted by atomic mass is 32.1. The standard InChI is InChI=1S/C46H28N2S/c1-2-13-32-29(11-1)12-9-20-39(32)48-40-18-6-3-14-33(40)35-25-23-31(28-44(35)48)30-24-26-42-38(27-30)34-15-4-7-19-41(34)47(42)43-21-10-17-37-36-16-5-8-22-45(36)49-46(37)43/h1-28H. The van der Waals surface area contributed by atoms with Crippen LogP contribution in [0.1, 0.15) is 0 Å². The Balaban J connectivity index is 1.15. The van der Waals surface area contributed by atoms with Crippen LogP contribution in [0, 0.1) is 0 Å². The van der Waals surface area contributed by atoms with Crippen LogP contribution < -0.4 is 0 Å². The van der Waals surface area contributed by atoms with E-state index in [9.17, 15) is 0 Å². The first-order valence-electron chi connectivity index (χ1n) is 16.8. The molecule has 0 N–H and O–H groups in total. The third-order valence-electron chi connectivity index (χ3n) is 10.3. The minimum Gasteiger partial charge on any atom is -0.309 e. The Kier molecular flexibility index (Phi) is 5.57. The lowest BCUT2D eigenvalue weighted by molar-refractivity contribution is 1.20. The van der Waals surface area contributed by atoms with Crippen molar-refractivity contribution in [1.82, 2.24) is 9.13 Å². The molecule has 3 heterocycles. The van der Waals surface area contributed by atoms with Crippen molar-refractivity contribution in [3.8, 4) is 22.5 Å². The van der Waals surface area contributed by atoms with Gasteiger partial charge in [0.2, 0.25) is 0 Å². The fourth-order valence-corrected chi connectivity index (χ4v) is 9.34. The van der Waals surface area contributed by atoms with Gasteiger partial charge in [-0.15, -0.1) is 11.3 Å². The van der Waals surface area contributed by atoms with Gasteiger partial charge in [0, 0.05) is 42.4 Å². The molecule has 0 saturated carbocycles. The molecule has 0 fully saturated rings. The molecule has 0 radical (unpaired) electrons. The summed E-state index contributed by atoms with van der Waals surface area (Å²) < 4.78 is 7.56. The van der Waals surface area contributed by atoms with Crippen LogP contribution in [0.3, 0.4) is 0 Å². The van der Waals surface area contributed by atoms with Crippen LogP contribution in [-0.4, -0.2) is 9.13 Å². The maximum Gasteiger partial charge on any atom is 0.0640 e. The highest BCUT2D eigenvalue weighted by Crippen LogP contribution is 2.42. The van der Waals surface area contributed by atoms with Gasteiger partial charge in [-0.1, -0.05) is 121 Å². The van der Waals surface area contributed by atoms with Gasteiger partial charge < -0.3 is 9.13 Å². The van der Waals surface area contributed by atoms with Crippen molar-refractivity contribution in [3.63, 3.8) is 0 Å². The van der Waals surface area contributed by atoms with E-state index in [0.29, 0.717) is 0 Å². The normalized spacial score (nSPS) is 12.1. The van der Waals surface area contributed by atoms with Crippen LogP contribution in [0.2, 0.25) is 0 Å². The van der Waals surface area contributed by atoms with E-state index >= 15 is 0 Å². The van der Waals surface area contributed by atoms with Crippen molar-refractivity contribution in [2.24, 2.45) is 0 Å². The summed E-state index contributed by atoms with van der Waals surface area (Å²) in [5.41, 5.74) is 9.75. The fraction of sp³-hybridized carbons (Fsp3) is 0. The molecule has 0 amide bonds. The third kappa shape index (κ3) is 3.82. The number of nitrogens with zero attached hydrogens (tertiary/aromatic N) is 2. The lowest BCUT2D eigenvalue weighted by atomic mass is 10.0. The maximum absolute atomic E-state index is 2.47. The van der Waals surface area contributed by atoms with Gasteiger partial charge in [-0.05, 0) is 65.0 Å². The van der Waals surface area contributed by atoms with Crippen LogP contribution in [0.4, 0.5) is 0 Å². The van der Waals surface area contributed by atoms with Crippen molar-refractivity contribution in [1.29, 1.82) is 0 Å². The van der Waals surface area contributed by atoms with Crippen LogP contribution >= 0.6 is 11.3 Å². The zero-order valence-electron chi connectivity index (χ0n) is 26.5. The molecule has 0 unspecified atom stereocenters. The van der Waals surface area contributed by atoms with Crippen LogP contribution in [0.25, 0.3) is 97.1 Å². The summed E-state index contributed by atoms with van der Waals surface area (Å²) in [6.45, 7) is 0. The Morgan fingerprint density at radius 2 is 0.878 bits per heavy atom. The Morgan fingerprint density at radius 1 is 0.327 bits per heavy atom. The zero-order chi connectivity index (χ0) is 32.1. The second-order valence-corrected chi connectivity index (χ2v) is 14.0. The predicted molar refractivity (Wildman–Crippen MR) is 211 cm³/mol. The molecular formula is C46H28N2S. The monoisotopic (exact) mass is 640 g/mol. The van der Waals surface area contributed by atoms with E-state index in [4.69, 9.17) is 0 Å². The van der Waals surface area contributed by atoms with Crippen LogP contribution in [0.5, 0.6) is 0 Å². The van der Waals surface area contributed by atoms with Gasteiger partial charge in [0.25, 0.3) is 0 Å². The highest BCUT2D eigenvalue weighted by Gasteiger charge is 2.18. The van der Waals surface area contributed by atoms with Gasteiger partial charge in [-0.2, -0.15) is 0 Å². The van der Waals surface area contributed by atoms with E-state index in [0.717, 1.165) is 0 Å². The van der Waals surface area contributed by atoms with E-state index < -0.39 is 0 Å². The largest absolute Gasteiger partial charge is 0.309 e. The highest BCUT2D eigenvalue weighted by molar-refractivity contribution is 7.26. The summed E-state index contributed by atoms with van der Waals surface area (Å²) >= 11 is 1.88. The van der Waals surface area contributed by atoms with Crippen molar-refractivity contribution in [2.45, 2.75) is 0 Å². The number of rotatable bonds is 3. The number of para-hydroxylation sites is 2. The van der Waals surface area contributed by atoms with E-state index in [1.54, 1.807) is 0 Å². The molecule has 0 aliphatic carbocycles. The molecule has 228 valence electrons. The Hall–Kier alpha value is -6.16. The van der Waals surface area contributed by atoms with Crippen molar-refractivity contribution in [3.05, 3.63) is 170 Å². The third-order valence-corrected chi connectivity index (χ3v) is 11.5. The Labute approximate surface area is 286 Å². The second-order valence-electron chi connectivity index (χ2n) is 12.9. The molecule has 11 aromatic rings. The number of aromatic nitrogens is 2. The molecular weight excluding hydrogens is 613 g/mol. The van der Waals surface area contributed by atoms with Gasteiger partial charge >= 0.3 is 0 Å². The molecule has 2 nitrogen and oxygen atoms in total. The van der Waals surface area contributed by atoms with Gasteiger partial charge in [0.1, 0.15) is 0 Å². The minimum absolute atomic E-state index is 1.20. The average molecular weight is 641 g/mol. The van der Waals surface area contributed by atoms with Crippen LogP contribution in [0.15, 0.2) is 170 Å². The molecule has 0 atom stereocenters. The molecule has 0 aliphatic heterocycles. The Morgan fingerprint density at radius 3 is 1.73 bits per heavy atom. The first-order chi connectivity index (χ1) is 24.3. The topological polar surface area (TPSA) is 9.86 Å². The van der Waals surface area contributed by atoms with Crippen LogP contribution in [-0.2, 0) is 0 Å². The second kappa shape index (κ2) is 10.2. The predicted octanol–water partition coefficient (Wildman–Crippen LogP) is 13.1. The van der Waals surface area contributed by atoms with Crippen molar-refractivity contribution < 1.29 is 0 Å². The molecule has 8 aromatic carbocycles. The molecule has 49 heavy (non-hydrogen) atoms. The fourth-order valence-electron chi connectivity index (χ4n) is 8.13. The summed E-state index contributed by atoms with van der Waals surface area (Å²) in [6, 6.07) is 62.4. The first-order valence-corrected chi connectivity index (χ1v) is 17.6. The molecule has 0 bridgehead atoms. The van der Waals surface area contributed by atoms with Gasteiger partial charge in [0.05, 0.1) is 38.1 Å². The smallest absolute Gasteiger partial charge is 0.0640 e. The summed E-state index contributed by atoms with van der Waals surface area (Å²) in [5.74, 6) is 0. The molecule has 3 aromatic heterocycles. The van der Waals surface area contributed by atoms with Gasteiger partial charge in [0.15, 0.2) is 0 Å². The number of benzene rings is 8. The number of hydrogen-bond acceptors (Lipinski definition) is 1. The number of fused-ring (bicyclic) bond motifs is 10. The van der Waals surface area contributed by atoms with Crippen molar-refractivity contribution >= 4 is 85.9 Å². The zero-order valence-corrected chi connectivity index (χ0v) is 27.3. The minimum atomic E-state index is 1.20. The Bertz CT molecular complexity index is 3110. The molecule has 11 rings (SSSR count). The molecule has 0 aliphatic rings. The number of thiophene rings is 1. The van der Waals surface area contributed by atoms with E-state index in [-0.39, 0.29) is 0 Å². The molecule has 0 spiro atoms. The quantitative estimate of drug-likeness (QED) is 0.182. The lowest BCUT2D eigenvalue weighted by Gasteiger charge is -2.12. The first kappa shape index (κ1) is 26.9. The van der Waals surface area contributed by atoms with E-state index in [1.807, 2.05) is 11.3 Å². The summed E-state index contributed by atoms with van der Waals surface area (Å²) in [7, 11) is 0.